The van der Waals surface area contributed by atoms with Gasteiger partial charge in [0.25, 0.3) is 5.91 Å². The van der Waals surface area contributed by atoms with E-state index in [1.165, 1.54) is 16.8 Å². The van der Waals surface area contributed by atoms with E-state index < -0.39 is 5.91 Å². The largest absolute Gasteiger partial charge is 0.316 e. The number of hydrazone groups is 1. The minimum Gasteiger partial charge on any atom is -0.316 e. The van der Waals surface area contributed by atoms with Crippen LogP contribution in [-0.4, -0.2) is 31.5 Å². The Bertz CT molecular complexity index is 1440. The van der Waals surface area contributed by atoms with Crippen LogP contribution in [-0.2, 0) is 4.79 Å². The maximum Gasteiger partial charge on any atom is 0.283 e. The smallest absolute Gasteiger partial charge is 0.283 e. The van der Waals surface area contributed by atoms with Crippen molar-refractivity contribution in [2.45, 2.75) is 13.8 Å². The van der Waals surface area contributed by atoms with E-state index in [9.17, 15) is 4.79 Å². The highest BCUT2D eigenvalue weighted by molar-refractivity contribution is 8.27. The topological polar surface area (TPSA) is 73.8 Å². The fourth-order valence-electron chi connectivity index (χ4n) is 3.83. The van der Waals surface area contributed by atoms with Crippen molar-refractivity contribution >= 4 is 63.0 Å². The normalized spacial score (nSPS) is 16.8. The average Bonchev–Trinajstić information content (AvgIpc) is 3.32. The van der Waals surface area contributed by atoms with E-state index in [1.54, 1.807) is 12.1 Å². The molecule has 3 heterocycles. The Balaban J connectivity index is 1.53. The molecule has 0 atom stereocenters. The first-order valence-electron chi connectivity index (χ1n) is 10.0. The summed E-state index contributed by atoms with van der Waals surface area (Å²) in [5.74, 6) is -0.501. The van der Waals surface area contributed by atoms with Gasteiger partial charge < -0.3 is 4.57 Å². The van der Waals surface area contributed by atoms with Gasteiger partial charge in [-0.15, -0.1) is 0 Å². The number of carbonyl (C=O) groups excluding carboxylic acids is 1. The van der Waals surface area contributed by atoms with Crippen molar-refractivity contribution in [3.63, 3.8) is 0 Å². The van der Waals surface area contributed by atoms with Gasteiger partial charge in [0.15, 0.2) is 5.84 Å². The van der Waals surface area contributed by atoms with Crippen molar-refractivity contribution in [1.29, 1.82) is 5.41 Å². The Morgan fingerprint density at radius 2 is 1.73 bits per heavy atom. The number of nitrogens with one attached hydrogen (secondary N) is 1. The van der Waals surface area contributed by atoms with E-state index in [1.807, 2.05) is 66.9 Å². The number of hydrogen-bond donors (Lipinski definition) is 1. The van der Waals surface area contributed by atoms with Gasteiger partial charge in [-0.2, -0.15) is 15.1 Å². The van der Waals surface area contributed by atoms with Gasteiger partial charge in [-0.05, 0) is 61.5 Å². The summed E-state index contributed by atoms with van der Waals surface area (Å²) in [5.41, 5.74) is 4.43. The summed E-state index contributed by atoms with van der Waals surface area (Å²) < 4.78 is 2.03. The van der Waals surface area contributed by atoms with Crippen LogP contribution in [0.2, 0.25) is 10.0 Å². The Labute approximate surface area is 204 Å². The second-order valence-electron chi connectivity index (χ2n) is 7.52. The van der Waals surface area contributed by atoms with Crippen LogP contribution in [0.3, 0.4) is 0 Å². The lowest BCUT2D eigenvalue weighted by molar-refractivity contribution is -0.114. The van der Waals surface area contributed by atoms with E-state index in [0.29, 0.717) is 20.3 Å². The molecule has 0 bridgehead atoms. The molecule has 2 aliphatic rings. The number of benzene rings is 2. The van der Waals surface area contributed by atoms with Gasteiger partial charge in [0.1, 0.15) is 5.04 Å². The molecule has 0 saturated carbocycles. The zero-order chi connectivity index (χ0) is 23.3. The van der Waals surface area contributed by atoms with Gasteiger partial charge in [-0.1, -0.05) is 53.5 Å². The van der Waals surface area contributed by atoms with Crippen molar-refractivity contribution in [3.05, 3.63) is 92.7 Å². The lowest BCUT2D eigenvalue weighted by atomic mass is 10.1. The number of fused-ring (bicyclic) bond motifs is 1. The highest BCUT2D eigenvalue weighted by Crippen LogP contribution is 2.34. The van der Waals surface area contributed by atoms with Crippen LogP contribution in [0.1, 0.15) is 22.5 Å². The molecule has 6 nitrogen and oxygen atoms in total. The summed E-state index contributed by atoms with van der Waals surface area (Å²) in [6.07, 6.45) is 1.69. The van der Waals surface area contributed by atoms with Crippen molar-refractivity contribution < 1.29 is 4.79 Å². The molecule has 3 aromatic rings. The first-order valence-corrected chi connectivity index (χ1v) is 11.6. The van der Waals surface area contributed by atoms with Gasteiger partial charge in [0.2, 0.25) is 5.17 Å². The van der Waals surface area contributed by atoms with Crippen LogP contribution < -0.4 is 0 Å². The molecule has 9 heteroatoms. The highest BCUT2D eigenvalue weighted by atomic mass is 35.5. The number of aromatic nitrogens is 1. The second kappa shape index (κ2) is 8.33. The zero-order valence-electron chi connectivity index (χ0n) is 17.6. The molecule has 5 rings (SSSR count). The van der Waals surface area contributed by atoms with E-state index in [2.05, 4.69) is 10.1 Å². The van der Waals surface area contributed by atoms with E-state index >= 15 is 0 Å². The lowest BCUT2D eigenvalue weighted by Crippen LogP contribution is -2.35. The highest BCUT2D eigenvalue weighted by Gasteiger charge is 2.36. The van der Waals surface area contributed by atoms with Crippen molar-refractivity contribution in [2.75, 3.05) is 0 Å². The molecule has 1 amide bonds. The van der Waals surface area contributed by atoms with Gasteiger partial charge >= 0.3 is 0 Å². The Hall–Kier alpha value is -3.13. The third-order valence-corrected chi connectivity index (χ3v) is 7.01. The van der Waals surface area contributed by atoms with Gasteiger partial charge in [-0.3, -0.25) is 10.2 Å². The third kappa shape index (κ3) is 3.72. The SMILES string of the molecule is Cc1cc(/C=C2\C(=N)N3N=C(c4ccccc4Cl)SC3=NC2=O)c(C)n1-c1ccccc1Cl. The number of aliphatic imine (C=N–C) groups is 1. The van der Waals surface area contributed by atoms with Crippen LogP contribution in [0.5, 0.6) is 0 Å². The van der Waals surface area contributed by atoms with Gasteiger partial charge in [-0.25, -0.2) is 0 Å². The van der Waals surface area contributed by atoms with Gasteiger partial charge in [0, 0.05) is 17.0 Å². The number of thioether (sulfide) groups is 1. The molecular formula is C24H17Cl2N5OS. The monoisotopic (exact) mass is 493 g/mol. The van der Waals surface area contributed by atoms with Crippen LogP contribution in [0.15, 0.2) is 70.3 Å². The van der Waals surface area contributed by atoms with E-state index in [0.717, 1.165) is 28.2 Å². The number of aryl methyl sites for hydroxylation is 1. The van der Waals surface area contributed by atoms with Crippen LogP contribution in [0.4, 0.5) is 0 Å². The Morgan fingerprint density at radius 1 is 1.03 bits per heavy atom. The summed E-state index contributed by atoms with van der Waals surface area (Å²) >= 11 is 13.9. The molecule has 0 aliphatic carbocycles. The predicted octanol–water partition coefficient (Wildman–Crippen LogP) is 6.07. The summed E-state index contributed by atoms with van der Waals surface area (Å²) in [6, 6.07) is 16.9. The minimum atomic E-state index is -0.475. The zero-order valence-corrected chi connectivity index (χ0v) is 20.0. The molecule has 2 aromatic carbocycles. The molecule has 33 heavy (non-hydrogen) atoms. The Morgan fingerprint density at radius 3 is 2.45 bits per heavy atom. The van der Waals surface area contributed by atoms with Crippen LogP contribution in [0, 0.1) is 19.3 Å². The average molecular weight is 494 g/mol. The first kappa shape index (κ1) is 21.7. The maximum atomic E-state index is 12.8. The predicted molar refractivity (Wildman–Crippen MR) is 136 cm³/mol. The molecule has 0 unspecified atom stereocenters. The summed E-state index contributed by atoms with van der Waals surface area (Å²) in [4.78, 5) is 17.0. The van der Waals surface area contributed by atoms with Crippen molar-refractivity contribution in [2.24, 2.45) is 10.1 Å². The number of carbonyl (C=O) groups is 1. The number of hydrogen-bond acceptors (Lipinski definition) is 4. The molecule has 2 aliphatic heterocycles. The molecule has 0 fully saturated rings. The van der Waals surface area contributed by atoms with Gasteiger partial charge in [0.05, 0.1) is 21.3 Å². The third-order valence-electron chi connectivity index (χ3n) is 5.42. The minimum absolute atomic E-state index is 0.0258. The maximum absolute atomic E-state index is 12.8. The quantitative estimate of drug-likeness (QED) is 0.450. The summed E-state index contributed by atoms with van der Waals surface area (Å²) in [7, 11) is 0. The number of nitrogens with zero attached hydrogens (tertiary/aromatic N) is 4. The van der Waals surface area contributed by atoms with Crippen molar-refractivity contribution in [1.82, 2.24) is 9.58 Å². The summed E-state index contributed by atoms with van der Waals surface area (Å²) in [6.45, 7) is 3.92. The molecule has 1 N–H and O–H groups in total. The van der Waals surface area contributed by atoms with Crippen molar-refractivity contribution in [3.8, 4) is 5.69 Å². The fourth-order valence-corrected chi connectivity index (χ4v) is 5.26. The molecule has 0 saturated heterocycles. The number of para-hydroxylation sites is 1. The molecule has 0 spiro atoms. The van der Waals surface area contributed by atoms with E-state index in [4.69, 9.17) is 28.6 Å². The number of amides is 1. The summed E-state index contributed by atoms with van der Waals surface area (Å²) in [5, 5.41) is 16.7. The number of halogens is 2. The fraction of sp³-hybridized carbons (Fsp3) is 0.0833. The van der Waals surface area contributed by atoms with Crippen LogP contribution >= 0.6 is 35.0 Å². The first-order chi connectivity index (χ1) is 15.8. The van der Waals surface area contributed by atoms with E-state index in [-0.39, 0.29) is 11.4 Å². The molecule has 164 valence electrons. The van der Waals surface area contributed by atoms with Crippen LogP contribution in [0.25, 0.3) is 11.8 Å². The Kier molecular flexibility index (Phi) is 5.48. The molecule has 0 radical (unpaired) electrons. The standard InChI is InChI=1S/C24H17Cl2N5OS/c1-13-11-15(14(2)30(13)20-10-6-5-9-19(20)26)12-17-21(27)31-24(28-22(17)32)33-23(29-31)16-7-3-4-8-18(16)25/h3-12,27H,1-2H3/b17-12+,27-21?. The molecule has 1 aromatic heterocycles. The lowest BCUT2D eigenvalue weighted by Gasteiger charge is -2.20. The number of rotatable bonds is 3. The number of amidine groups is 2. The molecular weight excluding hydrogens is 477 g/mol. The second-order valence-corrected chi connectivity index (χ2v) is 9.29.